The number of ketones is 1. The van der Waals surface area contributed by atoms with Gasteiger partial charge in [-0.2, -0.15) is 13.2 Å². The summed E-state index contributed by atoms with van der Waals surface area (Å²) in [6.45, 7) is 2.99. The van der Waals surface area contributed by atoms with Crippen LogP contribution >= 0.6 is 11.8 Å². The summed E-state index contributed by atoms with van der Waals surface area (Å²) in [7, 11) is 0. The number of carbonyl (C=O) groups is 2. The highest BCUT2D eigenvalue weighted by Gasteiger charge is 2.80. The van der Waals surface area contributed by atoms with Gasteiger partial charge in [0, 0.05) is 16.7 Å². The summed E-state index contributed by atoms with van der Waals surface area (Å²) in [5.41, 5.74) is -7.56. The maximum absolute atomic E-state index is 17.4. The second-order valence-corrected chi connectivity index (χ2v) is 12.5. The molecule has 0 bridgehead atoms. The van der Waals surface area contributed by atoms with E-state index in [9.17, 15) is 32.3 Å². The van der Waals surface area contributed by atoms with Crippen LogP contribution < -0.4 is 0 Å². The molecule has 1 N–H and O–H groups in total. The zero-order valence-electron chi connectivity index (χ0n) is 21.3. The summed E-state index contributed by atoms with van der Waals surface area (Å²) in [5.74, 6) is -4.13. The zero-order valence-corrected chi connectivity index (χ0v) is 22.2. The zero-order chi connectivity index (χ0) is 29.0. The number of alkyl halides is 6. The Balaban J connectivity index is 1.42. The molecule has 0 aromatic carbocycles. The quantitative estimate of drug-likeness (QED) is 0.460. The first kappa shape index (κ1) is 28.0. The Labute approximate surface area is 229 Å². The van der Waals surface area contributed by atoms with E-state index in [-0.39, 0.29) is 42.4 Å². The average molecular weight is 593 g/mol. The Bertz CT molecular complexity index is 1330. The van der Waals surface area contributed by atoms with Gasteiger partial charge in [-0.1, -0.05) is 24.8 Å². The second-order valence-electron chi connectivity index (χ2n) is 11.6. The van der Waals surface area contributed by atoms with E-state index in [4.69, 9.17) is 13.9 Å². The highest BCUT2D eigenvalue weighted by molar-refractivity contribution is 8.13. The lowest BCUT2D eigenvalue weighted by Crippen LogP contribution is -2.70. The van der Waals surface area contributed by atoms with Crippen LogP contribution in [0.25, 0.3) is 0 Å². The molecular formula is C27H26F6O6S. The molecule has 0 spiro atoms. The van der Waals surface area contributed by atoms with Gasteiger partial charge in [-0.05, 0) is 62.0 Å². The molecule has 6 nitrogen and oxygen atoms in total. The first-order valence-electron chi connectivity index (χ1n) is 12.8. The van der Waals surface area contributed by atoms with Crippen LogP contribution in [0.15, 0.2) is 40.4 Å². The predicted octanol–water partition coefficient (Wildman–Crippen LogP) is 5.57. The molecule has 1 aromatic rings. The number of allylic oxidation sites excluding steroid dienone is 4. The number of hydrogen-bond donors (Lipinski definition) is 1. The van der Waals surface area contributed by atoms with Crippen molar-refractivity contribution >= 4 is 22.7 Å². The lowest BCUT2D eigenvalue weighted by atomic mass is 9.44. The van der Waals surface area contributed by atoms with Crippen molar-refractivity contribution in [3.8, 4) is 0 Å². The Morgan fingerprint density at radius 2 is 1.93 bits per heavy atom. The molecule has 13 heteroatoms. The van der Waals surface area contributed by atoms with E-state index in [0.717, 1.165) is 18.2 Å². The summed E-state index contributed by atoms with van der Waals surface area (Å²) in [6.07, 6.45) is -8.33. The molecular weight excluding hydrogens is 566 g/mol. The minimum atomic E-state index is -4.79. The van der Waals surface area contributed by atoms with Gasteiger partial charge in [-0.25, -0.2) is 13.2 Å². The van der Waals surface area contributed by atoms with Crippen LogP contribution in [0.1, 0.15) is 50.9 Å². The lowest BCUT2D eigenvalue weighted by Gasteiger charge is -2.63. The monoisotopic (exact) mass is 592 g/mol. The van der Waals surface area contributed by atoms with E-state index in [0.29, 0.717) is 6.07 Å². The normalized spacial score (nSPS) is 45.9. The Kier molecular flexibility index (Phi) is 6.11. The van der Waals surface area contributed by atoms with Gasteiger partial charge in [-0.15, -0.1) is 0 Å². The van der Waals surface area contributed by atoms with Gasteiger partial charge in [0.15, 0.2) is 22.8 Å². The van der Waals surface area contributed by atoms with Crippen molar-refractivity contribution < 1.29 is 54.9 Å². The Morgan fingerprint density at radius 1 is 1.20 bits per heavy atom. The number of hydrogen-bond acceptors (Lipinski definition) is 7. The Hall–Kier alpha value is -2.09. The van der Waals surface area contributed by atoms with E-state index in [1.54, 1.807) is 6.92 Å². The number of ether oxygens (including phenoxy) is 2. The molecule has 0 amide bonds. The number of carbonyl (C=O) groups excluding carboxylic acids is 2. The van der Waals surface area contributed by atoms with Gasteiger partial charge in [-0.3, -0.25) is 9.59 Å². The first-order chi connectivity index (χ1) is 18.6. The van der Waals surface area contributed by atoms with Gasteiger partial charge in [0.05, 0.1) is 12.2 Å². The number of aliphatic hydroxyl groups excluding tert-OH is 1. The van der Waals surface area contributed by atoms with Gasteiger partial charge in [0.1, 0.15) is 12.2 Å². The molecule has 4 aliphatic carbocycles. The molecule has 4 fully saturated rings. The van der Waals surface area contributed by atoms with E-state index >= 15 is 8.78 Å². The molecule has 218 valence electrons. The minimum absolute atomic E-state index is 0.0635. The molecule has 6 rings (SSSR count). The van der Waals surface area contributed by atoms with E-state index in [1.807, 2.05) is 0 Å². The number of furan rings is 1. The third-order valence-corrected chi connectivity index (χ3v) is 10.7. The highest BCUT2D eigenvalue weighted by atomic mass is 32.2. The number of aliphatic hydroxyl groups is 1. The fraction of sp³-hybridized carbons (Fsp3) is 0.630. The fourth-order valence-corrected chi connectivity index (χ4v) is 8.94. The molecule has 1 unspecified atom stereocenters. The third-order valence-electron chi connectivity index (χ3n) is 10.00. The molecule has 1 aromatic heterocycles. The van der Waals surface area contributed by atoms with Crippen LogP contribution in [0.3, 0.4) is 0 Å². The molecule has 10 atom stereocenters. The summed E-state index contributed by atoms with van der Waals surface area (Å²) < 4.78 is 103. The van der Waals surface area contributed by atoms with Gasteiger partial charge >= 0.3 is 6.18 Å². The first-order valence-corrected chi connectivity index (χ1v) is 13.8. The smallest absolute Gasteiger partial charge is 0.449 e. The maximum Gasteiger partial charge on any atom is 0.449 e. The number of fused-ring (bicyclic) bond motifs is 7. The minimum Gasteiger partial charge on any atom is -0.451 e. The van der Waals surface area contributed by atoms with Crippen LogP contribution in [0.5, 0.6) is 0 Å². The van der Waals surface area contributed by atoms with Crippen molar-refractivity contribution in [3.05, 3.63) is 47.5 Å². The maximum atomic E-state index is 17.4. The standard InChI is InChI=1S/C27H26F6O6S/c1-23-6-5-12(34)7-15(23)16(29)8-14-13-9-20-26(22(36)40-11-28,24(13,2)10-18(35)25(14,23)30)39-21(38-20)17-3-4-19(37-17)27(31,32)33/h3-7,13-14,16,18,20-21,35H,8-11H2,1-2H3/t13-,14-,16-,18-,20+,21?,23-,24-,25-,26-/m0/s1. The van der Waals surface area contributed by atoms with Crippen LogP contribution in [-0.2, 0) is 25.2 Å². The van der Waals surface area contributed by atoms with Crippen molar-refractivity contribution in [2.75, 3.05) is 6.01 Å². The van der Waals surface area contributed by atoms with Crippen molar-refractivity contribution in [1.29, 1.82) is 0 Å². The van der Waals surface area contributed by atoms with E-state index < -0.39 is 87.4 Å². The van der Waals surface area contributed by atoms with Crippen molar-refractivity contribution in [3.63, 3.8) is 0 Å². The average Bonchev–Trinajstić information content (AvgIpc) is 3.56. The summed E-state index contributed by atoms with van der Waals surface area (Å²) >= 11 is 0.276. The fourth-order valence-electron chi connectivity index (χ4n) is 8.21. The van der Waals surface area contributed by atoms with Gasteiger partial charge < -0.3 is 19.0 Å². The van der Waals surface area contributed by atoms with Crippen molar-refractivity contribution in [2.45, 2.75) is 75.2 Å². The molecule has 0 radical (unpaired) electrons. The summed E-state index contributed by atoms with van der Waals surface area (Å²) in [6, 6.07) is 0.542. The predicted molar refractivity (Wildman–Crippen MR) is 128 cm³/mol. The third kappa shape index (κ3) is 3.37. The topological polar surface area (TPSA) is 86.0 Å². The molecule has 40 heavy (non-hydrogen) atoms. The number of halogens is 6. The van der Waals surface area contributed by atoms with Crippen LogP contribution in [0.2, 0.25) is 0 Å². The molecule has 3 saturated carbocycles. The molecule has 2 heterocycles. The second kappa shape index (κ2) is 8.71. The summed E-state index contributed by atoms with van der Waals surface area (Å²) in [5, 5.41) is 10.7. The Morgan fingerprint density at radius 3 is 2.58 bits per heavy atom. The number of rotatable bonds is 3. The van der Waals surface area contributed by atoms with Gasteiger partial charge in [0.2, 0.25) is 17.2 Å². The largest absolute Gasteiger partial charge is 0.451 e. The van der Waals surface area contributed by atoms with Crippen LogP contribution in [0, 0.1) is 22.7 Å². The molecule has 1 aliphatic heterocycles. The lowest BCUT2D eigenvalue weighted by molar-refractivity contribution is -0.234. The van der Waals surface area contributed by atoms with Crippen LogP contribution in [0.4, 0.5) is 26.3 Å². The van der Waals surface area contributed by atoms with Crippen molar-refractivity contribution in [2.24, 2.45) is 22.7 Å². The highest BCUT2D eigenvalue weighted by Crippen LogP contribution is 2.73. The molecule has 5 aliphatic rings. The SMILES string of the molecule is C[C@]12C=CC(=O)C=C1[C@@H](F)C[C@H]1[C@@H]3C[C@H]4OC(c5ccc(C(F)(F)F)o5)O[C@@]4(C(=O)SCF)[C@@]3(C)C[C@H](O)[C@@]12F. The van der Waals surface area contributed by atoms with E-state index in [2.05, 4.69) is 0 Å². The van der Waals surface area contributed by atoms with Gasteiger partial charge in [0.25, 0.3) is 0 Å². The summed E-state index contributed by atoms with van der Waals surface area (Å²) in [4.78, 5) is 25.6. The number of thioether (sulfide) groups is 1. The molecule has 1 saturated heterocycles. The van der Waals surface area contributed by atoms with Crippen LogP contribution in [-0.4, -0.2) is 51.7 Å². The van der Waals surface area contributed by atoms with Crippen molar-refractivity contribution in [1.82, 2.24) is 0 Å². The van der Waals surface area contributed by atoms with E-state index in [1.165, 1.54) is 13.0 Å².